The Bertz CT molecular complexity index is 691. The Balaban J connectivity index is 1.79. The molecule has 0 amide bonds. The molecule has 1 fully saturated rings. The zero-order chi connectivity index (χ0) is 17.1. The molecule has 5 heteroatoms. The maximum Gasteiger partial charge on any atom is 0.151 e. The Kier molecular flexibility index (Phi) is 5.00. The van der Waals surface area contributed by atoms with E-state index in [4.69, 9.17) is 0 Å². The molecule has 0 aromatic heterocycles. The molecule has 0 radical (unpaired) electrons. The minimum Gasteiger partial charge on any atom is -0.392 e. The van der Waals surface area contributed by atoms with E-state index in [9.17, 15) is 13.9 Å². The summed E-state index contributed by atoms with van der Waals surface area (Å²) in [6, 6.07) is 10.1. The van der Waals surface area contributed by atoms with Gasteiger partial charge in [-0.3, -0.25) is 0 Å². The van der Waals surface area contributed by atoms with Crippen molar-refractivity contribution in [2.75, 3.05) is 23.3 Å². The van der Waals surface area contributed by atoms with Gasteiger partial charge in [0.2, 0.25) is 0 Å². The summed E-state index contributed by atoms with van der Waals surface area (Å²) in [7, 11) is 0. The van der Waals surface area contributed by atoms with Gasteiger partial charge in [-0.2, -0.15) is 0 Å². The van der Waals surface area contributed by atoms with Gasteiger partial charge in [0.15, 0.2) is 11.6 Å². The van der Waals surface area contributed by atoms with Crippen LogP contribution < -0.4 is 10.2 Å². The van der Waals surface area contributed by atoms with Crippen molar-refractivity contribution in [1.29, 1.82) is 0 Å². The maximum absolute atomic E-state index is 14.4. The Hall–Kier alpha value is -2.14. The number of anilines is 2. The van der Waals surface area contributed by atoms with Gasteiger partial charge in [0.05, 0.1) is 6.61 Å². The minimum absolute atomic E-state index is 0.0334. The van der Waals surface area contributed by atoms with Crippen LogP contribution in [-0.4, -0.2) is 18.2 Å². The van der Waals surface area contributed by atoms with E-state index in [1.54, 1.807) is 4.90 Å². The molecule has 2 N–H and O–H groups in total. The Labute approximate surface area is 140 Å². The summed E-state index contributed by atoms with van der Waals surface area (Å²) in [6.07, 6.45) is 1.94. The SMILES string of the molecule is CC(Nc1cc(F)c(N2CCCC2)c(F)c1)c1cccc(CO)c1. The smallest absolute Gasteiger partial charge is 0.151 e. The van der Waals surface area contributed by atoms with Crippen LogP contribution in [0.1, 0.15) is 36.9 Å². The zero-order valence-corrected chi connectivity index (χ0v) is 13.7. The van der Waals surface area contributed by atoms with Crippen molar-refractivity contribution < 1.29 is 13.9 Å². The maximum atomic E-state index is 14.4. The van der Waals surface area contributed by atoms with Gasteiger partial charge in [0.25, 0.3) is 0 Å². The second kappa shape index (κ2) is 7.18. The van der Waals surface area contributed by atoms with Crippen LogP contribution in [0.4, 0.5) is 20.2 Å². The van der Waals surface area contributed by atoms with Crippen molar-refractivity contribution in [3.63, 3.8) is 0 Å². The standard InChI is InChI=1S/C19H22F2N2O/c1-13(15-6-4-5-14(9-15)12-24)22-16-10-17(20)19(18(21)11-16)23-7-2-3-8-23/h4-6,9-11,13,22,24H,2-3,7-8,12H2,1H3. The van der Waals surface area contributed by atoms with Crippen molar-refractivity contribution >= 4 is 11.4 Å². The van der Waals surface area contributed by atoms with Gasteiger partial charge in [0.1, 0.15) is 5.69 Å². The average molecular weight is 332 g/mol. The van der Waals surface area contributed by atoms with Gasteiger partial charge in [-0.1, -0.05) is 24.3 Å². The summed E-state index contributed by atoms with van der Waals surface area (Å²) in [5, 5.41) is 12.3. The Morgan fingerprint density at radius 2 is 1.79 bits per heavy atom. The van der Waals surface area contributed by atoms with E-state index < -0.39 is 11.6 Å². The fourth-order valence-electron chi connectivity index (χ4n) is 3.19. The number of hydrogen-bond acceptors (Lipinski definition) is 3. The van der Waals surface area contributed by atoms with Gasteiger partial charge in [-0.15, -0.1) is 0 Å². The molecule has 1 aliphatic heterocycles. The van der Waals surface area contributed by atoms with Crippen LogP contribution >= 0.6 is 0 Å². The number of rotatable bonds is 5. The first-order valence-corrected chi connectivity index (χ1v) is 8.28. The molecule has 1 aliphatic rings. The van der Waals surface area contributed by atoms with E-state index in [2.05, 4.69) is 5.32 Å². The summed E-state index contributed by atoms with van der Waals surface area (Å²) >= 11 is 0. The fraction of sp³-hybridized carbons (Fsp3) is 0.368. The van der Waals surface area contributed by atoms with E-state index in [-0.39, 0.29) is 18.3 Å². The number of nitrogens with zero attached hydrogens (tertiary/aromatic N) is 1. The molecule has 0 spiro atoms. The molecular weight excluding hydrogens is 310 g/mol. The molecule has 0 bridgehead atoms. The van der Waals surface area contributed by atoms with E-state index in [1.807, 2.05) is 31.2 Å². The van der Waals surface area contributed by atoms with Gasteiger partial charge in [-0.05, 0) is 43.0 Å². The predicted molar refractivity (Wildman–Crippen MR) is 92.2 cm³/mol. The highest BCUT2D eigenvalue weighted by Gasteiger charge is 2.21. The molecule has 2 aromatic carbocycles. The van der Waals surface area contributed by atoms with E-state index in [0.29, 0.717) is 18.8 Å². The molecule has 1 unspecified atom stereocenters. The first kappa shape index (κ1) is 16.7. The topological polar surface area (TPSA) is 35.5 Å². The quantitative estimate of drug-likeness (QED) is 0.860. The lowest BCUT2D eigenvalue weighted by molar-refractivity contribution is 0.281. The third kappa shape index (κ3) is 3.51. The number of halogens is 2. The highest BCUT2D eigenvalue weighted by atomic mass is 19.1. The number of hydrogen-bond donors (Lipinski definition) is 2. The molecule has 3 nitrogen and oxygen atoms in total. The van der Waals surface area contributed by atoms with Crippen LogP contribution in [0.15, 0.2) is 36.4 Å². The first-order chi connectivity index (χ1) is 11.6. The largest absolute Gasteiger partial charge is 0.392 e. The molecule has 0 saturated carbocycles. The number of benzene rings is 2. The average Bonchev–Trinajstić information content (AvgIpc) is 3.08. The number of aliphatic hydroxyl groups is 1. The van der Waals surface area contributed by atoms with E-state index >= 15 is 0 Å². The van der Waals surface area contributed by atoms with Crippen molar-refractivity contribution in [2.45, 2.75) is 32.4 Å². The predicted octanol–water partition coefficient (Wildman–Crippen LogP) is 4.23. The molecule has 128 valence electrons. The monoisotopic (exact) mass is 332 g/mol. The lowest BCUT2D eigenvalue weighted by Gasteiger charge is -2.21. The zero-order valence-electron chi connectivity index (χ0n) is 13.7. The molecule has 2 aromatic rings. The van der Waals surface area contributed by atoms with Gasteiger partial charge in [0, 0.05) is 24.8 Å². The van der Waals surface area contributed by atoms with Crippen LogP contribution in [0.5, 0.6) is 0 Å². The lowest BCUT2D eigenvalue weighted by Crippen LogP contribution is -2.20. The van der Waals surface area contributed by atoms with Gasteiger partial charge >= 0.3 is 0 Å². The van der Waals surface area contributed by atoms with Crippen LogP contribution in [-0.2, 0) is 6.61 Å². The normalized spacial score (nSPS) is 15.6. The van der Waals surface area contributed by atoms with Crippen LogP contribution in [0.3, 0.4) is 0 Å². The number of nitrogens with one attached hydrogen (secondary N) is 1. The van der Waals surface area contributed by atoms with E-state index in [1.165, 1.54) is 12.1 Å². The van der Waals surface area contributed by atoms with Gasteiger partial charge in [-0.25, -0.2) is 8.78 Å². The highest BCUT2D eigenvalue weighted by Crippen LogP contribution is 2.31. The third-order valence-electron chi connectivity index (χ3n) is 4.46. The molecular formula is C19H22F2N2O. The minimum atomic E-state index is -0.532. The molecule has 1 atom stereocenters. The second-order valence-electron chi connectivity index (χ2n) is 6.25. The fourth-order valence-corrected chi connectivity index (χ4v) is 3.19. The first-order valence-electron chi connectivity index (χ1n) is 8.28. The van der Waals surface area contributed by atoms with Crippen molar-refractivity contribution in [1.82, 2.24) is 0 Å². The summed E-state index contributed by atoms with van der Waals surface area (Å²) in [5.74, 6) is -1.06. The van der Waals surface area contributed by atoms with Crippen LogP contribution in [0, 0.1) is 11.6 Å². The van der Waals surface area contributed by atoms with Crippen LogP contribution in [0.25, 0.3) is 0 Å². The van der Waals surface area contributed by atoms with Crippen molar-refractivity contribution in [3.8, 4) is 0 Å². The summed E-state index contributed by atoms with van der Waals surface area (Å²) in [5.41, 5.74) is 2.25. The third-order valence-corrected chi connectivity index (χ3v) is 4.46. The molecule has 0 aliphatic carbocycles. The number of aliphatic hydroxyl groups excluding tert-OH is 1. The molecule has 3 rings (SSSR count). The van der Waals surface area contributed by atoms with Gasteiger partial charge < -0.3 is 15.3 Å². The summed E-state index contributed by atoms with van der Waals surface area (Å²) in [6.45, 7) is 3.28. The second-order valence-corrected chi connectivity index (χ2v) is 6.25. The van der Waals surface area contributed by atoms with E-state index in [0.717, 1.165) is 24.0 Å². The molecule has 24 heavy (non-hydrogen) atoms. The Morgan fingerprint density at radius 1 is 1.12 bits per heavy atom. The van der Waals surface area contributed by atoms with Crippen molar-refractivity contribution in [2.24, 2.45) is 0 Å². The Morgan fingerprint density at radius 3 is 2.42 bits per heavy atom. The lowest BCUT2D eigenvalue weighted by atomic mass is 10.0. The van der Waals surface area contributed by atoms with Crippen LogP contribution in [0.2, 0.25) is 0 Å². The molecule has 1 heterocycles. The molecule has 1 saturated heterocycles. The highest BCUT2D eigenvalue weighted by molar-refractivity contribution is 5.58. The summed E-state index contributed by atoms with van der Waals surface area (Å²) < 4.78 is 28.8. The van der Waals surface area contributed by atoms with Crippen molar-refractivity contribution in [3.05, 3.63) is 59.2 Å². The summed E-state index contributed by atoms with van der Waals surface area (Å²) in [4.78, 5) is 1.77.